The highest BCUT2D eigenvalue weighted by Gasteiger charge is 2.17. The normalized spacial score (nSPS) is 10.1. The molecule has 2 rings (SSSR count). The number of phenolic OH excluding ortho intramolecular Hbond substituents is 2. The molecule has 1 aromatic heterocycles. The van der Waals surface area contributed by atoms with E-state index in [1.165, 1.54) is 30.3 Å². The number of aromatic hydroxyl groups is 2. The van der Waals surface area contributed by atoms with Crippen molar-refractivity contribution in [2.24, 2.45) is 0 Å². The summed E-state index contributed by atoms with van der Waals surface area (Å²) in [6.45, 7) is 0. The SMILES string of the molecule is O=C(O)c1ccc(NC(=O)c2c(O)cccc2O)s1. The number of carbonyl (C=O) groups excluding carboxylic acids is 1. The number of carbonyl (C=O) groups is 2. The Hall–Kier alpha value is -2.54. The lowest BCUT2D eigenvalue weighted by molar-refractivity contribution is 0.0702. The molecule has 0 bridgehead atoms. The Morgan fingerprint density at radius 3 is 2.21 bits per heavy atom. The maximum Gasteiger partial charge on any atom is 0.345 e. The van der Waals surface area contributed by atoms with Crippen LogP contribution < -0.4 is 5.32 Å². The zero-order valence-electron chi connectivity index (χ0n) is 9.45. The van der Waals surface area contributed by atoms with Gasteiger partial charge in [-0.25, -0.2) is 4.79 Å². The van der Waals surface area contributed by atoms with Gasteiger partial charge in [0.05, 0.1) is 5.00 Å². The van der Waals surface area contributed by atoms with Crippen LogP contribution in [-0.4, -0.2) is 27.2 Å². The lowest BCUT2D eigenvalue weighted by Crippen LogP contribution is -2.11. The zero-order chi connectivity index (χ0) is 14.0. The molecule has 2 aromatic rings. The lowest BCUT2D eigenvalue weighted by atomic mass is 10.1. The van der Waals surface area contributed by atoms with Crippen LogP contribution in [-0.2, 0) is 0 Å². The summed E-state index contributed by atoms with van der Waals surface area (Å²) in [4.78, 5) is 22.6. The first-order valence-electron chi connectivity index (χ1n) is 5.14. The number of benzene rings is 1. The first-order valence-corrected chi connectivity index (χ1v) is 5.96. The largest absolute Gasteiger partial charge is 0.507 e. The third-order valence-electron chi connectivity index (χ3n) is 2.30. The average molecular weight is 279 g/mol. The molecule has 0 saturated heterocycles. The number of phenols is 2. The van der Waals surface area contributed by atoms with Gasteiger partial charge in [-0.1, -0.05) is 6.07 Å². The number of hydrogen-bond acceptors (Lipinski definition) is 5. The van der Waals surface area contributed by atoms with Crippen molar-refractivity contribution >= 4 is 28.2 Å². The molecular weight excluding hydrogens is 270 g/mol. The summed E-state index contributed by atoms with van der Waals surface area (Å²) in [5.74, 6) is -2.51. The molecule has 0 aliphatic carbocycles. The van der Waals surface area contributed by atoms with E-state index in [4.69, 9.17) is 5.11 Å². The minimum atomic E-state index is -1.09. The van der Waals surface area contributed by atoms with E-state index in [1.807, 2.05) is 0 Å². The topological polar surface area (TPSA) is 107 Å². The Bertz CT molecular complexity index is 629. The third-order valence-corrected chi connectivity index (χ3v) is 3.29. The van der Waals surface area contributed by atoms with Gasteiger partial charge in [-0.05, 0) is 24.3 Å². The van der Waals surface area contributed by atoms with Gasteiger partial charge in [0.1, 0.15) is 21.9 Å². The van der Waals surface area contributed by atoms with Crippen LogP contribution in [0, 0.1) is 0 Å². The van der Waals surface area contributed by atoms with Crippen molar-refractivity contribution in [3.8, 4) is 11.5 Å². The summed E-state index contributed by atoms with van der Waals surface area (Å²) in [6.07, 6.45) is 0. The Morgan fingerprint density at radius 2 is 1.68 bits per heavy atom. The van der Waals surface area contributed by atoms with Gasteiger partial charge in [0.2, 0.25) is 0 Å². The van der Waals surface area contributed by atoms with E-state index in [9.17, 15) is 19.8 Å². The number of aromatic carboxylic acids is 1. The number of carboxylic acid groups (broad SMARTS) is 1. The van der Waals surface area contributed by atoms with Gasteiger partial charge >= 0.3 is 5.97 Å². The molecule has 1 aromatic carbocycles. The fourth-order valence-electron chi connectivity index (χ4n) is 1.46. The molecule has 19 heavy (non-hydrogen) atoms. The highest BCUT2D eigenvalue weighted by atomic mass is 32.1. The second-order valence-electron chi connectivity index (χ2n) is 3.59. The van der Waals surface area contributed by atoms with Gasteiger partial charge < -0.3 is 20.6 Å². The van der Waals surface area contributed by atoms with Crippen LogP contribution in [0.3, 0.4) is 0 Å². The number of anilines is 1. The number of carboxylic acids is 1. The fraction of sp³-hybridized carbons (Fsp3) is 0. The molecule has 0 radical (unpaired) electrons. The van der Waals surface area contributed by atoms with E-state index in [0.717, 1.165) is 11.3 Å². The Balaban J connectivity index is 2.23. The fourth-order valence-corrected chi connectivity index (χ4v) is 2.20. The zero-order valence-corrected chi connectivity index (χ0v) is 10.3. The van der Waals surface area contributed by atoms with E-state index in [1.54, 1.807) is 0 Å². The second kappa shape index (κ2) is 4.99. The van der Waals surface area contributed by atoms with Gasteiger partial charge in [-0.15, -0.1) is 11.3 Å². The summed E-state index contributed by atoms with van der Waals surface area (Å²) in [5, 5.41) is 30.5. The van der Waals surface area contributed by atoms with Crippen LogP contribution in [0.15, 0.2) is 30.3 Å². The summed E-state index contributed by atoms with van der Waals surface area (Å²) in [7, 11) is 0. The summed E-state index contributed by atoms with van der Waals surface area (Å²) in [5.41, 5.74) is -0.257. The molecule has 6 nitrogen and oxygen atoms in total. The highest BCUT2D eigenvalue weighted by molar-refractivity contribution is 7.18. The predicted molar refractivity (Wildman–Crippen MR) is 69.0 cm³/mol. The predicted octanol–water partition coefficient (Wildman–Crippen LogP) is 2.11. The molecule has 1 heterocycles. The molecule has 1 amide bonds. The lowest BCUT2D eigenvalue weighted by Gasteiger charge is -2.06. The van der Waals surface area contributed by atoms with Gasteiger partial charge in [0.25, 0.3) is 5.91 Å². The molecule has 0 spiro atoms. The molecule has 4 N–H and O–H groups in total. The first-order chi connectivity index (χ1) is 8.99. The molecular formula is C12H9NO5S. The standard InChI is InChI=1S/C12H9NO5S/c14-6-2-1-3-7(15)10(6)11(16)13-9-5-4-8(19-9)12(17)18/h1-5,14-15H,(H,13,16)(H,17,18). The summed E-state index contributed by atoms with van der Waals surface area (Å²) < 4.78 is 0. The van der Waals surface area contributed by atoms with Crippen LogP contribution in [0.25, 0.3) is 0 Å². The van der Waals surface area contributed by atoms with E-state index >= 15 is 0 Å². The maximum atomic E-state index is 11.9. The average Bonchev–Trinajstić information content (AvgIpc) is 2.77. The molecule has 0 aliphatic heterocycles. The number of nitrogens with one attached hydrogen (secondary N) is 1. The van der Waals surface area contributed by atoms with Crippen LogP contribution in [0.1, 0.15) is 20.0 Å². The second-order valence-corrected chi connectivity index (χ2v) is 4.68. The van der Waals surface area contributed by atoms with Crippen molar-refractivity contribution in [1.82, 2.24) is 0 Å². The molecule has 0 fully saturated rings. The highest BCUT2D eigenvalue weighted by Crippen LogP contribution is 2.28. The van der Waals surface area contributed by atoms with Gasteiger partial charge in [0.15, 0.2) is 0 Å². The van der Waals surface area contributed by atoms with Crippen molar-refractivity contribution in [1.29, 1.82) is 0 Å². The van der Waals surface area contributed by atoms with E-state index in [0.29, 0.717) is 5.00 Å². The summed E-state index contributed by atoms with van der Waals surface area (Å²) in [6, 6.07) is 6.73. The van der Waals surface area contributed by atoms with Crippen LogP contribution in [0.5, 0.6) is 11.5 Å². The maximum absolute atomic E-state index is 11.9. The van der Waals surface area contributed by atoms with Crippen molar-refractivity contribution in [2.45, 2.75) is 0 Å². The number of hydrogen-bond donors (Lipinski definition) is 4. The van der Waals surface area contributed by atoms with E-state index in [2.05, 4.69) is 5.32 Å². The smallest absolute Gasteiger partial charge is 0.345 e. The van der Waals surface area contributed by atoms with E-state index in [-0.39, 0.29) is 21.9 Å². The monoisotopic (exact) mass is 279 g/mol. The number of amides is 1. The Labute approximate surface area is 111 Å². The molecule has 7 heteroatoms. The molecule has 0 saturated carbocycles. The number of rotatable bonds is 3. The van der Waals surface area contributed by atoms with Crippen LogP contribution in [0.2, 0.25) is 0 Å². The summed E-state index contributed by atoms with van der Waals surface area (Å²) >= 11 is 0.881. The molecule has 0 aliphatic rings. The Morgan fingerprint density at radius 1 is 1.05 bits per heavy atom. The van der Waals surface area contributed by atoms with Crippen molar-refractivity contribution in [2.75, 3.05) is 5.32 Å². The van der Waals surface area contributed by atoms with E-state index < -0.39 is 11.9 Å². The third kappa shape index (κ3) is 2.66. The molecule has 0 atom stereocenters. The number of thiophene rings is 1. The van der Waals surface area contributed by atoms with Crippen molar-refractivity contribution in [3.05, 3.63) is 40.8 Å². The van der Waals surface area contributed by atoms with Crippen molar-refractivity contribution in [3.63, 3.8) is 0 Å². The minimum Gasteiger partial charge on any atom is -0.507 e. The van der Waals surface area contributed by atoms with Gasteiger partial charge in [0, 0.05) is 0 Å². The van der Waals surface area contributed by atoms with Gasteiger partial charge in [-0.2, -0.15) is 0 Å². The van der Waals surface area contributed by atoms with Crippen LogP contribution >= 0.6 is 11.3 Å². The van der Waals surface area contributed by atoms with Gasteiger partial charge in [-0.3, -0.25) is 4.79 Å². The first kappa shape index (κ1) is 12.9. The Kier molecular flexibility index (Phi) is 3.39. The molecule has 0 unspecified atom stereocenters. The molecule has 98 valence electrons. The minimum absolute atomic E-state index is 0.0804. The quantitative estimate of drug-likeness (QED) is 0.688. The van der Waals surface area contributed by atoms with Crippen molar-refractivity contribution < 1.29 is 24.9 Å². The van der Waals surface area contributed by atoms with Crippen LogP contribution in [0.4, 0.5) is 5.00 Å².